The Morgan fingerprint density at radius 3 is 3.00 bits per heavy atom. The van der Waals surface area contributed by atoms with Gasteiger partial charge in [0.15, 0.2) is 6.10 Å². The van der Waals surface area contributed by atoms with Gasteiger partial charge in [-0.05, 0) is 18.1 Å². The van der Waals surface area contributed by atoms with Crippen LogP contribution in [0.3, 0.4) is 0 Å². The molecular formula is C17H20N4O3. The highest BCUT2D eigenvalue weighted by Gasteiger charge is 2.30. The highest BCUT2D eigenvalue weighted by molar-refractivity contribution is 5.82. The molecule has 24 heavy (non-hydrogen) atoms. The van der Waals surface area contributed by atoms with Crippen molar-refractivity contribution in [3.8, 4) is 0 Å². The third kappa shape index (κ3) is 2.87. The summed E-state index contributed by atoms with van der Waals surface area (Å²) >= 11 is 0. The molecule has 2 aliphatic heterocycles. The van der Waals surface area contributed by atoms with Crippen molar-refractivity contribution in [3.05, 3.63) is 41.6 Å². The van der Waals surface area contributed by atoms with E-state index in [1.807, 2.05) is 17.0 Å². The van der Waals surface area contributed by atoms with E-state index in [9.17, 15) is 4.79 Å². The first-order valence-electron chi connectivity index (χ1n) is 8.23. The second kappa shape index (κ2) is 6.24. The number of carbonyl (C=O) groups is 1. The van der Waals surface area contributed by atoms with Gasteiger partial charge >= 0.3 is 0 Å². The molecule has 0 N–H and O–H groups in total. The maximum atomic E-state index is 12.7. The maximum absolute atomic E-state index is 12.7. The monoisotopic (exact) mass is 328 g/mol. The molecule has 7 heteroatoms. The summed E-state index contributed by atoms with van der Waals surface area (Å²) in [6.07, 6.45) is 0.658. The zero-order chi connectivity index (χ0) is 16.5. The molecule has 1 amide bonds. The van der Waals surface area contributed by atoms with Crippen molar-refractivity contribution in [3.63, 3.8) is 0 Å². The van der Waals surface area contributed by atoms with Crippen LogP contribution in [0.5, 0.6) is 0 Å². The molecule has 0 aliphatic carbocycles. The lowest BCUT2D eigenvalue weighted by molar-refractivity contribution is -0.138. The second-order valence-corrected chi connectivity index (χ2v) is 6.16. The summed E-state index contributed by atoms with van der Waals surface area (Å²) in [5.41, 5.74) is 2.48. The molecule has 2 aliphatic rings. The van der Waals surface area contributed by atoms with Crippen molar-refractivity contribution in [2.75, 3.05) is 37.7 Å². The van der Waals surface area contributed by atoms with Crippen molar-refractivity contribution >= 4 is 11.6 Å². The largest absolute Gasteiger partial charge is 0.423 e. The van der Waals surface area contributed by atoms with Gasteiger partial charge in [0.05, 0.1) is 19.7 Å². The van der Waals surface area contributed by atoms with Crippen LogP contribution in [0.4, 0.5) is 5.69 Å². The SMILES string of the molecule is Cc1nnc([C@H]2CN(C(=O)CN3CCc4ccccc43)CCO2)o1. The van der Waals surface area contributed by atoms with E-state index in [1.165, 1.54) is 11.3 Å². The Morgan fingerprint density at radius 2 is 2.17 bits per heavy atom. The van der Waals surface area contributed by atoms with Crippen molar-refractivity contribution in [1.82, 2.24) is 15.1 Å². The molecular weight excluding hydrogens is 308 g/mol. The molecule has 0 bridgehead atoms. The number of hydrogen-bond donors (Lipinski definition) is 0. The van der Waals surface area contributed by atoms with Gasteiger partial charge in [-0.3, -0.25) is 4.79 Å². The van der Waals surface area contributed by atoms with Crippen molar-refractivity contribution in [1.29, 1.82) is 0 Å². The first kappa shape index (κ1) is 15.1. The fourth-order valence-electron chi connectivity index (χ4n) is 3.30. The summed E-state index contributed by atoms with van der Waals surface area (Å²) in [4.78, 5) is 16.7. The van der Waals surface area contributed by atoms with E-state index < -0.39 is 0 Å². The Balaban J connectivity index is 1.41. The van der Waals surface area contributed by atoms with Gasteiger partial charge < -0.3 is 19.0 Å². The lowest BCUT2D eigenvalue weighted by Crippen LogP contribution is -2.46. The number of carbonyl (C=O) groups excluding carboxylic acids is 1. The summed E-state index contributed by atoms with van der Waals surface area (Å²) in [6, 6.07) is 8.27. The number of fused-ring (bicyclic) bond motifs is 1. The molecule has 1 atom stereocenters. The van der Waals surface area contributed by atoms with Crippen LogP contribution in [-0.2, 0) is 16.0 Å². The summed E-state index contributed by atoms with van der Waals surface area (Å²) < 4.78 is 11.1. The van der Waals surface area contributed by atoms with Crippen molar-refractivity contribution in [2.24, 2.45) is 0 Å². The third-order valence-electron chi connectivity index (χ3n) is 4.55. The number of ether oxygens (including phenoxy) is 1. The summed E-state index contributed by atoms with van der Waals surface area (Å²) in [5, 5.41) is 7.84. The average molecular weight is 328 g/mol. The molecule has 126 valence electrons. The second-order valence-electron chi connectivity index (χ2n) is 6.16. The minimum Gasteiger partial charge on any atom is -0.423 e. The summed E-state index contributed by atoms with van der Waals surface area (Å²) in [6.45, 7) is 4.56. The van der Waals surface area contributed by atoms with E-state index in [4.69, 9.17) is 9.15 Å². The van der Waals surface area contributed by atoms with Crippen LogP contribution in [0.2, 0.25) is 0 Å². The number of amides is 1. The third-order valence-corrected chi connectivity index (χ3v) is 4.55. The predicted octanol–water partition coefficient (Wildman–Crippen LogP) is 1.34. The normalized spacial score (nSPS) is 20.3. The van der Waals surface area contributed by atoms with Crippen LogP contribution in [0.15, 0.2) is 28.7 Å². The first-order valence-corrected chi connectivity index (χ1v) is 8.23. The molecule has 0 saturated carbocycles. The van der Waals surface area contributed by atoms with Crippen molar-refractivity contribution < 1.29 is 13.9 Å². The molecule has 1 aromatic carbocycles. The van der Waals surface area contributed by atoms with Gasteiger partial charge in [0.25, 0.3) is 0 Å². The maximum Gasteiger partial charge on any atom is 0.246 e. The number of anilines is 1. The predicted molar refractivity (Wildman–Crippen MR) is 86.7 cm³/mol. The molecule has 0 spiro atoms. The Bertz CT molecular complexity index is 745. The van der Waals surface area contributed by atoms with Crippen LogP contribution >= 0.6 is 0 Å². The quantitative estimate of drug-likeness (QED) is 0.847. The highest BCUT2D eigenvalue weighted by atomic mass is 16.5. The highest BCUT2D eigenvalue weighted by Crippen LogP contribution is 2.27. The van der Waals surface area contributed by atoms with Crippen LogP contribution in [-0.4, -0.2) is 53.8 Å². The molecule has 0 radical (unpaired) electrons. The molecule has 1 fully saturated rings. The van der Waals surface area contributed by atoms with Gasteiger partial charge in [-0.15, -0.1) is 10.2 Å². The van der Waals surface area contributed by atoms with E-state index in [0.717, 1.165) is 13.0 Å². The number of para-hydroxylation sites is 1. The molecule has 0 unspecified atom stereocenters. The average Bonchev–Trinajstić information content (AvgIpc) is 3.22. The van der Waals surface area contributed by atoms with Crippen LogP contribution in [0.25, 0.3) is 0 Å². The zero-order valence-electron chi connectivity index (χ0n) is 13.6. The number of hydrogen-bond acceptors (Lipinski definition) is 6. The number of aromatic nitrogens is 2. The number of aryl methyl sites for hydroxylation is 1. The van der Waals surface area contributed by atoms with E-state index >= 15 is 0 Å². The van der Waals surface area contributed by atoms with E-state index in [-0.39, 0.29) is 12.0 Å². The topological polar surface area (TPSA) is 71.7 Å². The molecule has 4 rings (SSSR count). The van der Waals surface area contributed by atoms with Crippen molar-refractivity contribution in [2.45, 2.75) is 19.4 Å². The fraction of sp³-hybridized carbons (Fsp3) is 0.471. The molecule has 3 heterocycles. The smallest absolute Gasteiger partial charge is 0.246 e. The standard InChI is InChI=1S/C17H20N4O3/c1-12-18-19-17(24-12)15-10-21(8-9-23-15)16(22)11-20-7-6-13-4-2-3-5-14(13)20/h2-5,15H,6-11H2,1H3/t15-/m1/s1. The number of nitrogens with zero attached hydrogens (tertiary/aromatic N) is 4. The van der Waals surface area contributed by atoms with Crippen LogP contribution in [0, 0.1) is 6.92 Å². The van der Waals surface area contributed by atoms with Gasteiger partial charge in [0.2, 0.25) is 17.7 Å². The summed E-state index contributed by atoms with van der Waals surface area (Å²) in [5.74, 6) is 1.05. The Kier molecular flexibility index (Phi) is 3.93. The van der Waals surface area contributed by atoms with E-state index in [2.05, 4.69) is 27.2 Å². The minimum atomic E-state index is -0.338. The fourth-order valence-corrected chi connectivity index (χ4v) is 3.30. The number of benzene rings is 1. The molecule has 1 saturated heterocycles. The van der Waals surface area contributed by atoms with Crippen LogP contribution in [0.1, 0.15) is 23.4 Å². The summed E-state index contributed by atoms with van der Waals surface area (Å²) in [7, 11) is 0. The minimum absolute atomic E-state index is 0.108. The molecule has 1 aromatic heterocycles. The van der Waals surface area contributed by atoms with Gasteiger partial charge in [-0.25, -0.2) is 0 Å². The Labute approximate surface area is 140 Å². The lowest BCUT2D eigenvalue weighted by atomic mass is 10.2. The van der Waals surface area contributed by atoms with Crippen LogP contribution < -0.4 is 4.90 Å². The van der Waals surface area contributed by atoms with Gasteiger partial charge in [-0.1, -0.05) is 18.2 Å². The van der Waals surface area contributed by atoms with E-state index in [1.54, 1.807) is 6.92 Å². The lowest BCUT2D eigenvalue weighted by Gasteiger charge is -2.32. The van der Waals surface area contributed by atoms with E-state index in [0.29, 0.717) is 38.0 Å². The Hall–Kier alpha value is -2.41. The number of morpholine rings is 1. The van der Waals surface area contributed by atoms with Gasteiger partial charge in [0, 0.05) is 25.7 Å². The van der Waals surface area contributed by atoms with Gasteiger partial charge in [-0.2, -0.15) is 0 Å². The number of rotatable bonds is 3. The van der Waals surface area contributed by atoms with Gasteiger partial charge in [0.1, 0.15) is 0 Å². The Morgan fingerprint density at radius 1 is 1.29 bits per heavy atom. The first-order chi connectivity index (χ1) is 11.7. The molecule has 2 aromatic rings. The molecule has 7 nitrogen and oxygen atoms in total. The zero-order valence-corrected chi connectivity index (χ0v) is 13.6.